The molecule has 0 fully saturated rings. The van der Waals surface area contributed by atoms with E-state index in [-0.39, 0.29) is 17.1 Å². The molecule has 2 heterocycles. The molecule has 0 radical (unpaired) electrons. The van der Waals surface area contributed by atoms with Crippen LogP contribution in [0.25, 0.3) is 0 Å². The lowest BCUT2D eigenvalue weighted by atomic mass is 9.98. The van der Waals surface area contributed by atoms with E-state index in [4.69, 9.17) is 10.5 Å². The zero-order valence-corrected chi connectivity index (χ0v) is 24.3. The number of carbonyl (C=O) groups excluding carboxylic acids is 1. The first-order valence-electron chi connectivity index (χ1n) is 13.2. The predicted octanol–water partition coefficient (Wildman–Crippen LogP) is 2.99. The predicted molar refractivity (Wildman–Crippen MR) is 153 cm³/mol. The summed E-state index contributed by atoms with van der Waals surface area (Å²) < 4.78 is 60.0. The third kappa shape index (κ3) is 7.07. The van der Waals surface area contributed by atoms with Crippen LogP contribution in [-0.2, 0) is 43.9 Å². The minimum Gasteiger partial charge on any atom is -0.493 e. The summed E-state index contributed by atoms with van der Waals surface area (Å²) in [6.07, 6.45) is 1.53. The van der Waals surface area contributed by atoms with Gasteiger partial charge in [-0.3, -0.25) is 9.78 Å². The Balaban J connectivity index is 1.60. The maximum Gasteiger partial charge on any atom is 0.267 e. The third-order valence-corrected chi connectivity index (χ3v) is 10.6. The van der Waals surface area contributed by atoms with E-state index in [1.165, 1.54) is 19.1 Å². The molecule has 2 N–H and O–H groups in total. The number of benzene rings is 2. The molecule has 0 bridgehead atoms. The highest BCUT2D eigenvalue weighted by molar-refractivity contribution is 7.91. The van der Waals surface area contributed by atoms with Crippen molar-refractivity contribution in [2.45, 2.75) is 44.2 Å². The summed E-state index contributed by atoms with van der Waals surface area (Å²) in [6, 6.07) is 19.1. The number of sulfonamides is 1. The molecule has 3 atom stereocenters. The molecule has 1 aromatic heterocycles. The smallest absolute Gasteiger partial charge is 0.267 e. The van der Waals surface area contributed by atoms with Gasteiger partial charge in [0, 0.05) is 24.7 Å². The van der Waals surface area contributed by atoms with Crippen LogP contribution in [0, 0.1) is 11.8 Å². The van der Waals surface area contributed by atoms with Crippen molar-refractivity contribution in [1.82, 2.24) is 9.29 Å². The largest absolute Gasteiger partial charge is 0.493 e. The van der Waals surface area contributed by atoms with Crippen LogP contribution in [-0.4, -0.2) is 56.3 Å². The van der Waals surface area contributed by atoms with Crippen LogP contribution < -0.4 is 10.5 Å². The number of aromatic nitrogens is 1. The van der Waals surface area contributed by atoms with Crippen LogP contribution in [0.1, 0.15) is 30.7 Å². The van der Waals surface area contributed by atoms with Crippen molar-refractivity contribution in [2.75, 3.05) is 18.1 Å². The molecule has 3 aromatic rings. The van der Waals surface area contributed by atoms with E-state index in [9.17, 15) is 21.6 Å². The number of ether oxygens (including phenoxy) is 1. The Morgan fingerprint density at radius 1 is 1.02 bits per heavy atom. The zero-order valence-electron chi connectivity index (χ0n) is 22.6. The van der Waals surface area contributed by atoms with Crippen LogP contribution in [0.4, 0.5) is 0 Å². The summed E-state index contributed by atoms with van der Waals surface area (Å²) in [7, 11) is -8.13. The third-order valence-electron chi connectivity index (χ3n) is 7.01. The Morgan fingerprint density at radius 3 is 2.45 bits per heavy atom. The van der Waals surface area contributed by atoms with E-state index in [1.807, 2.05) is 30.3 Å². The number of amides is 1. The molecule has 0 saturated carbocycles. The van der Waals surface area contributed by atoms with Crippen molar-refractivity contribution >= 4 is 25.8 Å². The number of hydrogen-bond donors (Lipinski definition) is 1. The van der Waals surface area contributed by atoms with Gasteiger partial charge < -0.3 is 10.5 Å². The van der Waals surface area contributed by atoms with Gasteiger partial charge in [0.15, 0.2) is 9.84 Å². The topological polar surface area (TPSA) is 137 Å². The molecule has 4 rings (SSSR count). The number of hydrogen-bond acceptors (Lipinski definition) is 8. The Hall–Kier alpha value is -3.28. The van der Waals surface area contributed by atoms with E-state index >= 15 is 0 Å². The van der Waals surface area contributed by atoms with Crippen molar-refractivity contribution in [1.29, 1.82) is 0 Å². The number of sulfone groups is 1. The Labute approximate surface area is 236 Å². The summed E-state index contributed by atoms with van der Waals surface area (Å²) in [5.74, 6) is -2.57. The van der Waals surface area contributed by atoms with Crippen molar-refractivity contribution < 1.29 is 26.4 Å². The first-order valence-corrected chi connectivity index (χ1v) is 16.5. The quantitative estimate of drug-likeness (QED) is 0.321. The summed E-state index contributed by atoms with van der Waals surface area (Å²) in [6.45, 7) is 3.65. The van der Waals surface area contributed by atoms with E-state index in [1.54, 1.807) is 37.4 Å². The maximum absolute atomic E-state index is 14.0. The summed E-state index contributed by atoms with van der Waals surface area (Å²) in [5, 5.41) is 0. The number of fused-ring (bicyclic) bond motifs is 1. The van der Waals surface area contributed by atoms with Gasteiger partial charge in [0.05, 0.1) is 35.1 Å². The molecule has 2 aromatic carbocycles. The van der Waals surface area contributed by atoms with Gasteiger partial charge in [-0.15, -0.1) is 0 Å². The number of carbonyl (C=O) groups is 1. The van der Waals surface area contributed by atoms with Crippen LogP contribution in [0.15, 0.2) is 77.8 Å². The van der Waals surface area contributed by atoms with Crippen molar-refractivity contribution in [3.8, 4) is 5.75 Å². The molecule has 1 aliphatic rings. The highest BCUT2D eigenvalue weighted by atomic mass is 32.2. The second-order valence-electron chi connectivity index (χ2n) is 10.3. The lowest BCUT2D eigenvalue weighted by Gasteiger charge is -2.34. The van der Waals surface area contributed by atoms with Gasteiger partial charge in [0.2, 0.25) is 5.91 Å². The molecule has 0 aliphatic carbocycles. The lowest BCUT2D eigenvalue weighted by molar-refractivity contribution is -0.131. The van der Waals surface area contributed by atoms with E-state index in [0.717, 1.165) is 11.1 Å². The first kappa shape index (κ1) is 29.7. The molecule has 1 amide bonds. The molecule has 1 unspecified atom stereocenters. The molecular formula is C29H35N3O6S2. The van der Waals surface area contributed by atoms with Gasteiger partial charge in [-0.2, -0.15) is 0 Å². The van der Waals surface area contributed by atoms with Gasteiger partial charge in [0.25, 0.3) is 10.0 Å². The fraction of sp³-hybridized carbons (Fsp3) is 0.379. The van der Waals surface area contributed by atoms with Crippen LogP contribution >= 0.6 is 0 Å². The van der Waals surface area contributed by atoms with Gasteiger partial charge in [-0.1, -0.05) is 50.2 Å². The second kappa shape index (κ2) is 12.5. The average Bonchev–Trinajstić information content (AvgIpc) is 3.41. The lowest BCUT2D eigenvalue weighted by Crippen LogP contribution is -2.55. The van der Waals surface area contributed by atoms with Crippen molar-refractivity contribution in [3.63, 3.8) is 0 Å². The number of nitrogens with two attached hydrogens (primary N) is 1. The molecular weight excluding hydrogens is 550 g/mol. The van der Waals surface area contributed by atoms with Gasteiger partial charge in [0.1, 0.15) is 5.75 Å². The van der Waals surface area contributed by atoms with E-state index in [0.29, 0.717) is 35.2 Å². The Morgan fingerprint density at radius 2 is 1.75 bits per heavy atom. The standard InChI is InChI=1S/C29H35N3O6S2/c1-21(18-23-8-4-3-5-9-23)28(30)32(40(36,37)26-11-12-27-24(19-26)13-16-38-27)29(33)22(2)20-39(34,35)17-14-25-10-6-7-15-31-25/h3-12,15,19,21-22,28H,13-14,16-18,20,30H2,1-2H3/t21-,22?,28-/m0/s1. The maximum atomic E-state index is 14.0. The Bertz CT molecular complexity index is 1530. The number of rotatable bonds is 12. The summed E-state index contributed by atoms with van der Waals surface area (Å²) in [5.41, 5.74) is 8.81. The van der Waals surface area contributed by atoms with Gasteiger partial charge in [-0.05, 0) is 53.8 Å². The normalized spacial score (nSPS) is 15.5. The minimum atomic E-state index is -4.42. The molecule has 0 spiro atoms. The Kier molecular flexibility index (Phi) is 9.27. The summed E-state index contributed by atoms with van der Waals surface area (Å²) in [4.78, 5) is 17.9. The van der Waals surface area contributed by atoms with Crippen LogP contribution in [0.5, 0.6) is 5.75 Å². The molecule has 1 aliphatic heterocycles. The fourth-order valence-electron chi connectivity index (χ4n) is 4.76. The molecule has 40 heavy (non-hydrogen) atoms. The number of aryl methyl sites for hydroxylation is 1. The fourth-order valence-corrected chi connectivity index (χ4v) is 8.05. The van der Waals surface area contributed by atoms with Crippen molar-refractivity contribution in [2.24, 2.45) is 17.6 Å². The van der Waals surface area contributed by atoms with Crippen LogP contribution in [0.2, 0.25) is 0 Å². The number of nitrogens with zero attached hydrogens (tertiary/aromatic N) is 2. The highest BCUT2D eigenvalue weighted by Crippen LogP contribution is 2.31. The zero-order chi connectivity index (χ0) is 28.9. The van der Waals surface area contributed by atoms with E-state index in [2.05, 4.69) is 4.98 Å². The second-order valence-corrected chi connectivity index (χ2v) is 14.3. The summed E-state index contributed by atoms with van der Waals surface area (Å²) >= 11 is 0. The molecule has 0 saturated heterocycles. The monoisotopic (exact) mass is 585 g/mol. The molecule has 11 heteroatoms. The van der Waals surface area contributed by atoms with Crippen molar-refractivity contribution in [3.05, 3.63) is 89.7 Å². The SMILES string of the molecule is CC(CS(=O)(=O)CCc1ccccn1)C(=O)N([C@H](N)[C@@H](C)Cc1ccccc1)S(=O)(=O)c1ccc2c(c1)CCO2. The molecule has 214 valence electrons. The number of pyridine rings is 1. The van der Waals surface area contributed by atoms with Gasteiger partial charge >= 0.3 is 0 Å². The van der Waals surface area contributed by atoms with Gasteiger partial charge in [-0.25, -0.2) is 21.1 Å². The molecule has 9 nitrogen and oxygen atoms in total. The minimum absolute atomic E-state index is 0.0855. The van der Waals surface area contributed by atoms with Crippen LogP contribution in [0.3, 0.4) is 0 Å². The first-order chi connectivity index (χ1) is 19.0. The van der Waals surface area contributed by atoms with E-state index < -0.39 is 49.5 Å². The highest BCUT2D eigenvalue weighted by Gasteiger charge is 2.40. The average molecular weight is 586 g/mol.